The lowest BCUT2D eigenvalue weighted by molar-refractivity contribution is 0.0690. The van der Waals surface area contributed by atoms with E-state index in [9.17, 15) is 13.2 Å². The lowest BCUT2D eigenvalue weighted by atomic mass is 10.2. The molecule has 0 aliphatic rings. The van der Waals surface area contributed by atoms with Crippen LogP contribution in [-0.4, -0.2) is 42.9 Å². The fourth-order valence-electron chi connectivity index (χ4n) is 1.52. The molecule has 0 atom stereocenters. The minimum Gasteiger partial charge on any atom is -0.477 e. The number of aryl methyl sites for hydroxylation is 1. The third-order valence-electron chi connectivity index (χ3n) is 2.32. The number of rotatable bonds is 3. The predicted octanol–water partition coefficient (Wildman–Crippen LogP) is 0.580. The molecule has 0 amide bonds. The standard InChI is InChI=1S/C9H14N2O4S/c1-5-7(9(12)13)10-6(2)8(5)16(14,15)11(3)4/h10H,1-4H3,(H,12,13). The van der Waals surface area contributed by atoms with Crippen molar-refractivity contribution in [3.05, 3.63) is 17.0 Å². The number of aromatic nitrogens is 1. The first-order valence-corrected chi connectivity index (χ1v) is 5.98. The van der Waals surface area contributed by atoms with E-state index in [4.69, 9.17) is 5.11 Å². The van der Waals surface area contributed by atoms with Gasteiger partial charge in [-0.1, -0.05) is 0 Å². The Balaban J connectivity index is 3.54. The molecule has 1 aromatic rings. The third kappa shape index (κ3) is 1.83. The Hall–Kier alpha value is -1.34. The smallest absolute Gasteiger partial charge is 0.352 e. The van der Waals surface area contributed by atoms with Crippen molar-refractivity contribution in [2.24, 2.45) is 0 Å². The van der Waals surface area contributed by atoms with E-state index in [0.717, 1.165) is 4.31 Å². The van der Waals surface area contributed by atoms with Gasteiger partial charge in [0.25, 0.3) is 0 Å². The predicted molar refractivity (Wildman–Crippen MR) is 58.1 cm³/mol. The molecule has 0 saturated carbocycles. The van der Waals surface area contributed by atoms with E-state index in [-0.39, 0.29) is 16.2 Å². The summed E-state index contributed by atoms with van der Waals surface area (Å²) in [4.78, 5) is 13.4. The number of aromatic carboxylic acids is 1. The van der Waals surface area contributed by atoms with Crippen molar-refractivity contribution in [3.63, 3.8) is 0 Å². The molecule has 16 heavy (non-hydrogen) atoms. The molecule has 0 bridgehead atoms. The fourth-order valence-corrected chi connectivity index (χ4v) is 2.81. The van der Waals surface area contributed by atoms with Crippen LogP contribution in [0.1, 0.15) is 21.7 Å². The van der Waals surface area contributed by atoms with Crippen LogP contribution >= 0.6 is 0 Å². The maximum atomic E-state index is 11.9. The minimum absolute atomic E-state index is 0.0369. The summed E-state index contributed by atoms with van der Waals surface area (Å²) in [7, 11) is -0.803. The zero-order chi connectivity index (χ0) is 12.7. The molecule has 1 rings (SSSR count). The van der Waals surface area contributed by atoms with E-state index in [1.54, 1.807) is 0 Å². The number of nitrogens with one attached hydrogen (secondary N) is 1. The largest absolute Gasteiger partial charge is 0.477 e. The summed E-state index contributed by atoms with van der Waals surface area (Å²) in [5, 5.41) is 8.87. The van der Waals surface area contributed by atoms with Gasteiger partial charge in [-0.3, -0.25) is 0 Å². The van der Waals surface area contributed by atoms with Crippen molar-refractivity contribution in [2.45, 2.75) is 18.7 Å². The summed E-state index contributed by atoms with van der Waals surface area (Å²) in [5.74, 6) is -1.17. The molecule has 0 fully saturated rings. The van der Waals surface area contributed by atoms with E-state index >= 15 is 0 Å². The zero-order valence-corrected chi connectivity index (χ0v) is 10.3. The zero-order valence-electron chi connectivity index (χ0n) is 9.53. The van der Waals surface area contributed by atoms with E-state index < -0.39 is 16.0 Å². The van der Waals surface area contributed by atoms with Gasteiger partial charge in [0.2, 0.25) is 10.0 Å². The molecule has 0 radical (unpaired) electrons. The highest BCUT2D eigenvalue weighted by Gasteiger charge is 2.27. The van der Waals surface area contributed by atoms with Crippen molar-refractivity contribution in [1.82, 2.24) is 9.29 Å². The molecule has 0 aliphatic carbocycles. The van der Waals surface area contributed by atoms with Crippen LogP contribution in [0.3, 0.4) is 0 Å². The fraction of sp³-hybridized carbons (Fsp3) is 0.444. The number of H-pyrrole nitrogens is 1. The summed E-state index contributed by atoms with van der Waals surface area (Å²) >= 11 is 0. The number of carboxylic acids is 1. The van der Waals surface area contributed by atoms with Gasteiger partial charge in [-0.25, -0.2) is 17.5 Å². The summed E-state index contributed by atoms with van der Waals surface area (Å²) in [6, 6.07) is 0. The Morgan fingerprint density at radius 3 is 2.12 bits per heavy atom. The maximum Gasteiger partial charge on any atom is 0.352 e. The first-order chi connectivity index (χ1) is 7.19. The van der Waals surface area contributed by atoms with E-state index in [1.807, 2.05) is 0 Å². The summed E-state index contributed by atoms with van der Waals surface area (Å²) in [6.07, 6.45) is 0. The lowest BCUT2D eigenvalue weighted by Crippen LogP contribution is -2.23. The number of nitrogens with zero attached hydrogens (tertiary/aromatic N) is 1. The molecule has 90 valence electrons. The number of aromatic amines is 1. The molecular weight excluding hydrogens is 232 g/mol. The molecule has 2 N–H and O–H groups in total. The Kier molecular flexibility index (Phi) is 3.11. The van der Waals surface area contributed by atoms with Gasteiger partial charge in [-0.05, 0) is 13.8 Å². The summed E-state index contributed by atoms with van der Waals surface area (Å²) < 4.78 is 24.9. The second-order valence-electron chi connectivity index (χ2n) is 3.67. The summed E-state index contributed by atoms with van der Waals surface area (Å²) in [6.45, 7) is 3.01. The Labute approximate surface area is 93.9 Å². The average molecular weight is 246 g/mol. The third-order valence-corrected chi connectivity index (χ3v) is 4.41. The van der Waals surface area contributed by atoms with Crippen LogP contribution in [0.25, 0.3) is 0 Å². The molecular formula is C9H14N2O4S. The molecule has 0 spiro atoms. The molecule has 0 unspecified atom stereocenters. The highest BCUT2D eigenvalue weighted by atomic mass is 32.2. The van der Waals surface area contributed by atoms with Crippen LogP contribution in [0.2, 0.25) is 0 Å². The van der Waals surface area contributed by atoms with Crippen molar-refractivity contribution in [3.8, 4) is 0 Å². The van der Waals surface area contributed by atoms with Crippen molar-refractivity contribution in [2.75, 3.05) is 14.1 Å². The van der Waals surface area contributed by atoms with Gasteiger partial charge >= 0.3 is 5.97 Å². The molecule has 7 heteroatoms. The molecule has 1 aromatic heterocycles. The van der Waals surface area contributed by atoms with Gasteiger partial charge in [-0.15, -0.1) is 0 Å². The second-order valence-corrected chi connectivity index (χ2v) is 5.76. The quantitative estimate of drug-likeness (QED) is 0.816. The van der Waals surface area contributed by atoms with Gasteiger partial charge in [0.1, 0.15) is 10.6 Å². The highest BCUT2D eigenvalue weighted by Crippen LogP contribution is 2.24. The Morgan fingerprint density at radius 2 is 1.81 bits per heavy atom. The normalized spacial score (nSPS) is 12.1. The van der Waals surface area contributed by atoms with E-state index in [1.165, 1.54) is 27.9 Å². The van der Waals surface area contributed by atoms with Gasteiger partial charge in [0.05, 0.1) is 0 Å². The van der Waals surface area contributed by atoms with Gasteiger partial charge in [0, 0.05) is 25.4 Å². The number of carboxylic acid groups (broad SMARTS) is 1. The lowest BCUT2D eigenvalue weighted by Gasteiger charge is -2.11. The van der Waals surface area contributed by atoms with Crippen molar-refractivity contribution >= 4 is 16.0 Å². The van der Waals surface area contributed by atoms with Crippen molar-refractivity contribution < 1.29 is 18.3 Å². The Bertz CT molecular complexity index is 528. The number of hydrogen-bond acceptors (Lipinski definition) is 3. The van der Waals surface area contributed by atoms with Gasteiger partial charge in [0.15, 0.2) is 0 Å². The van der Waals surface area contributed by atoms with Gasteiger partial charge in [-0.2, -0.15) is 0 Å². The minimum atomic E-state index is -3.61. The van der Waals surface area contributed by atoms with Gasteiger partial charge < -0.3 is 10.1 Å². The highest BCUT2D eigenvalue weighted by molar-refractivity contribution is 7.89. The Morgan fingerprint density at radius 1 is 1.31 bits per heavy atom. The number of hydrogen-bond donors (Lipinski definition) is 2. The second kappa shape index (κ2) is 3.91. The molecule has 1 heterocycles. The maximum absolute atomic E-state index is 11.9. The van der Waals surface area contributed by atoms with Crippen LogP contribution in [0.5, 0.6) is 0 Å². The first kappa shape index (κ1) is 12.7. The monoisotopic (exact) mass is 246 g/mol. The topological polar surface area (TPSA) is 90.5 Å². The van der Waals surface area contributed by atoms with E-state index in [2.05, 4.69) is 4.98 Å². The van der Waals surface area contributed by atoms with Crippen molar-refractivity contribution in [1.29, 1.82) is 0 Å². The molecule has 0 saturated heterocycles. The van der Waals surface area contributed by atoms with Crippen LogP contribution in [-0.2, 0) is 10.0 Å². The summed E-state index contributed by atoms with van der Waals surface area (Å²) in [5.41, 5.74) is 0.486. The van der Waals surface area contributed by atoms with Crippen LogP contribution in [0.15, 0.2) is 4.90 Å². The van der Waals surface area contributed by atoms with E-state index in [0.29, 0.717) is 5.69 Å². The SMILES string of the molecule is Cc1[nH]c(C(=O)O)c(C)c1S(=O)(=O)N(C)C. The molecule has 6 nitrogen and oxygen atoms in total. The number of sulfonamides is 1. The van der Waals surface area contributed by atoms with Crippen LogP contribution in [0.4, 0.5) is 0 Å². The molecule has 0 aromatic carbocycles. The van der Waals surface area contributed by atoms with Crippen LogP contribution < -0.4 is 0 Å². The average Bonchev–Trinajstić information content (AvgIpc) is 2.41. The van der Waals surface area contributed by atoms with Crippen LogP contribution in [0, 0.1) is 13.8 Å². The first-order valence-electron chi connectivity index (χ1n) is 4.54. The number of carbonyl (C=O) groups is 1. The molecule has 0 aliphatic heterocycles.